The summed E-state index contributed by atoms with van der Waals surface area (Å²) in [5, 5.41) is 10.2. The lowest BCUT2D eigenvalue weighted by atomic mass is 9.62. The van der Waals surface area contributed by atoms with E-state index in [4.69, 9.17) is 15.5 Å². The minimum absolute atomic E-state index is 0.0481. The van der Waals surface area contributed by atoms with Crippen LogP contribution in [0.15, 0.2) is 53.8 Å². The van der Waals surface area contributed by atoms with Crippen molar-refractivity contribution in [1.29, 1.82) is 0 Å². The summed E-state index contributed by atoms with van der Waals surface area (Å²) < 4.78 is 59.4. The van der Waals surface area contributed by atoms with E-state index in [2.05, 4.69) is 9.97 Å². The number of benzene rings is 2. The lowest BCUT2D eigenvalue weighted by Gasteiger charge is -2.52. The number of ketones is 1. The number of carbonyl (C=O) groups excluding carboxylic acids is 1. The Kier molecular flexibility index (Phi) is 6.53. The van der Waals surface area contributed by atoms with Crippen molar-refractivity contribution < 1.29 is 32.2 Å². The van der Waals surface area contributed by atoms with Crippen LogP contribution >= 0.6 is 0 Å². The number of nitrogens with zero attached hydrogens (tertiary/aromatic N) is 3. The van der Waals surface area contributed by atoms with Crippen LogP contribution in [0.4, 0.5) is 23.2 Å². The number of rotatable bonds is 5. The highest BCUT2D eigenvalue weighted by atomic mass is 19.3. The summed E-state index contributed by atoms with van der Waals surface area (Å²) >= 11 is 0. The molecule has 0 radical (unpaired) electrons. The largest absolute Gasteiger partial charge is 0.435 e. The zero-order chi connectivity index (χ0) is 31.2. The Balaban J connectivity index is 1.20. The number of halogens is 4. The molecule has 0 amide bonds. The van der Waals surface area contributed by atoms with Crippen LogP contribution < -0.4 is 10.5 Å². The van der Waals surface area contributed by atoms with Crippen molar-refractivity contribution in [2.45, 2.75) is 75.5 Å². The smallest absolute Gasteiger partial charge is 0.387 e. The summed E-state index contributed by atoms with van der Waals surface area (Å²) in [4.78, 5) is 27.2. The van der Waals surface area contributed by atoms with Gasteiger partial charge in [-0.15, -0.1) is 0 Å². The third-order valence-corrected chi connectivity index (χ3v) is 10.1. The maximum Gasteiger partial charge on any atom is 0.387 e. The Hall–Kier alpha value is -3.70. The number of fused-ring (bicyclic) bond motifs is 8. The number of alkyl halides is 4. The van der Waals surface area contributed by atoms with Gasteiger partial charge in [0.1, 0.15) is 17.2 Å². The van der Waals surface area contributed by atoms with Crippen LogP contribution in [0.25, 0.3) is 11.1 Å². The van der Waals surface area contributed by atoms with Crippen molar-refractivity contribution in [3.05, 3.63) is 71.3 Å². The van der Waals surface area contributed by atoms with Gasteiger partial charge in [0, 0.05) is 66.4 Å². The van der Waals surface area contributed by atoms with E-state index < -0.39 is 23.7 Å². The molecule has 230 valence electrons. The number of carbonyl (C=O) groups is 1. The summed E-state index contributed by atoms with van der Waals surface area (Å²) in [5.74, 6) is -3.61. The van der Waals surface area contributed by atoms with E-state index in [1.54, 1.807) is 24.5 Å². The molecule has 11 heteroatoms. The fourth-order valence-electron chi connectivity index (χ4n) is 7.81. The molecule has 1 aromatic heterocycles. The van der Waals surface area contributed by atoms with Crippen LogP contribution in [0.3, 0.4) is 0 Å². The lowest BCUT2D eigenvalue weighted by molar-refractivity contribution is -0.234. The molecule has 2 fully saturated rings. The van der Waals surface area contributed by atoms with Crippen LogP contribution in [-0.4, -0.2) is 44.7 Å². The molecule has 4 atom stereocenters. The first kappa shape index (κ1) is 29.0. The quantitative estimate of drug-likeness (QED) is 0.327. The Labute approximate surface area is 251 Å². The number of nitrogens with two attached hydrogens (primary N) is 1. The van der Waals surface area contributed by atoms with E-state index in [9.17, 15) is 27.5 Å². The van der Waals surface area contributed by atoms with Gasteiger partial charge in [0.2, 0.25) is 0 Å². The molecule has 3 N–H and O–H groups in total. The van der Waals surface area contributed by atoms with Crippen molar-refractivity contribution in [1.82, 2.24) is 9.97 Å². The predicted octanol–water partition coefficient (Wildman–Crippen LogP) is 6.35. The summed E-state index contributed by atoms with van der Waals surface area (Å²) in [6, 6.07) is 10.7. The first-order valence-corrected chi connectivity index (χ1v) is 14.8. The van der Waals surface area contributed by atoms with Crippen LogP contribution in [0.2, 0.25) is 0 Å². The molecular formula is C33H32F4N4O3. The van der Waals surface area contributed by atoms with E-state index >= 15 is 0 Å². The molecule has 7 rings (SSSR count). The van der Waals surface area contributed by atoms with Crippen LogP contribution in [0, 0.1) is 17.8 Å². The van der Waals surface area contributed by atoms with Gasteiger partial charge in [0.15, 0.2) is 5.78 Å². The van der Waals surface area contributed by atoms with Gasteiger partial charge in [0.05, 0.1) is 11.2 Å². The third kappa shape index (κ3) is 4.54. The Morgan fingerprint density at radius 1 is 1.07 bits per heavy atom. The molecule has 1 aliphatic heterocycles. The van der Waals surface area contributed by atoms with E-state index in [1.165, 1.54) is 6.07 Å². The molecular weight excluding hydrogens is 576 g/mol. The molecule has 2 bridgehead atoms. The summed E-state index contributed by atoms with van der Waals surface area (Å²) in [6.07, 6.45) is 4.46. The SMILES string of the molecule is C[C@@H]1CC2CC(c3c(OC(F)F)cccc3C1=O)[C@@H]1Cc3cc(-c4cnc([C@]5(N)C[C@](O)(C(C)(F)F)C5)nc4)ccc3N=C21. The van der Waals surface area contributed by atoms with Gasteiger partial charge >= 0.3 is 6.61 Å². The highest BCUT2D eigenvalue weighted by Crippen LogP contribution is 2.54. The number of ether oxygens (including phenoxy) is 1. The van der Waals surface area contributed by atoms with Crippen molar-refractivity contribution in [3.63, 3.8) is 0 Å². The summed E-state index contributed by atoms with van der Waals surface area (Å²) in [5.41, 5.74) is 8.17. The van der Waals surface area contributed by atoms with E-state index in [0.717, 1.165) is 22.5 Å². The molecule has 3 aromatic rings. The maximum atomic E-state index is 13.8. The fraction of sp³-hybridized carbons (Fsp3) is 0.455. The van der Waals surface area contributed by atoms with Gasteiger partial charge < -0.3 is 15.6 Å². The molecule has 2 saturated carbocycles. The fourth-order valence-corrected chi connectivity index (χ4v) is 7.81. The zero-order valence-electron chi connectivity index (χ0n) is 24.2. The average molecular weight is 609 g/mol. The summed E-state index contributed by atoms with van der Waals surface area (Å²) in [7, 11) is 0. The molecule has 0 saturated heterocycles. The van der Waals surface area contributed by atoms with Crippen LogP contribution in [-0.2, 0) is 12.0 Å². The Bertz CT molecular complexity index is 1680. The first-order valence-electron chi connectivity index (χ1n) is 14.8. The second-order valence-electron chi connectivity index (χ2n) is 13.1. The molecule has 3 aliphatic carbocycles. The molecule has 4 aliphatic rings. The molecule has 0 spiro atoms. The lowest BCUT2D eigenvalue weighted by Crippen LogP contribution is -2.66. The number of aliphatic hydroxyl groups is 1. The van der Waals surface area contributed by atoms with Crippen LogP contribution in [0.5, 0.6) is 5.75 Å². The highest BCUT2D eigenvalue weighted by molar-refractivity contribution is 6.03. The second-order valence-corrected chi connectivity index (χ2v) is 13.1. The number of aliphatic imine (C=N–C) groups is 1. The minimum atomic E-state index is -3.29. The molecule has 7 nitrogen and oxygen atoms in total. The highest BCUT2D eigenvalue weighted by Gasteiger charge is 2.64. The van der Waals surface area contributed by atoms with Crippen molar-refractivity contribution >= 4 is 17.2 Å². The molecule has 2 heterocycles. The van der Waals surface area contributed by atoms with Gasteiger partial charge in [-0.2, -0.15) is 8.78 Å². The minimum Gasteiger partial charge on any atom is -0.435 e. The van der Waals surface area contributed by atoms with E-state index in [1.807, 2.05) is 25.1 Å². The predicted molar refractivity (Wildman–Crippen MR) is 154 cm³/mol. The number of hydrogen-bond donors (Lipinski definition) is 2. The zero-order valence-corrected chi connectivity index (χ0v) is 24.2. The first-order chi connectivity index (χ1) is 20.8. The average Bonchev–Trinajstić information content (AvgIpc) is 3.30. The van der Waals surface area contributed by atoms with E-state index in [0.29, 0.717) is 42.9 Å². The van der Waals surface area contributed by atoms with Crippen molar-refractivity contribution in [2.24, 2.45) is 28.5 Å². The Morgan fingerprint density at radius 2 is 1.80 bits per heavy atom. The number of aromatic nitrogens is 2. The topological polar surface area (TPSA) is 111 Å². The van der Waals surface area contributed by atoms with Crippen LogP contribution in [0.1, 0.15) is 72.8 Å². The normalized spacial score (nSPS) is 30.8. The van der Waals surface area contributed by atoms with Gasteiger partial charge in [-0.1, -0.05) is 25.1 Å². The molecule has 2 aromatic carbocycles. The third-order valence-electron chi connectivity index (χ3n) is 10.1. The standard InChI is InChI=1S/C33H32F4N4O3/c1-16-8-19-11-22(26-21(28(16)42)4-3-5-25(26)44-30(34)35)23-10-18-9-17(6-7-24(18)41-27(19)23)20-12-39-29(40-13-20)32(38)14-33(43,15-32)31(2,36)37/h3-7,9,12-13,16,19,22-23,30,43H,8,10-11,14-15,38H2,1-2H3/t16-,19?,22?,23+,32-,33+/m1/s1. The van der Waals surface area contributed by atoms with Gasteiger partial charge in [0.25, 0.3) is 5.92 Å². The number of hydrogen-bond acceptors (Lipinski definition) is 7. The molecule has 2 unspecified atom stereocenters. The van der Waals surface area contributed by atoms with Crippen molar-refractivity contribution in [3.8, 4) is 16.9 Å². The summed E-state index contributed by atoms with van der Waals surface area (Å²) in [6.45, 7) is -0.449. The van der Waals surface area contributed by atoms with E-state index in [-0.39, 0.29) is 53.9 Å². The second kappa shape index (κ2) is 9.90. The van der Waals surface area contributed by atoms with Gasteiger partial charge in [-0.3, -0.25) is 9.79 Å². The van der Waals surface area contributed by atoms with Gasteiger partial charge in [-0.05, 0) is 60.4 Å². The molecule has 44 heavy (non-hydrogen) atoms. The maximum absolute atomic E-state index is 13.8. The number of Topliss-reactive ketones (excluding diaryl/α,β-unsaturated/α-hetero) is 1. The van der Waals surface area contributed by atoms with Gasteiger partial charge in [-0.25, -0.2) is 18.7 Å². The Morgan fingerprint density at radius 3 is 2.48 bits per heavy atom. The van der Waals surface area contributed by atoms with Crippen molar-refractivity contribution in [2.75, 3.05) is 0 Å². The monoisotopic (exact) mass is 608 g/mol.